The molecule has 0 aromatic heterocycles. The molecule has 0 saturated carbocycles. The third-order valence-electron chi connectivity index (χ3n) is 12.1. The summed E-state index contributed by atoms with van der Waals surface area (Å²) in [7, 11) is -2.77. The van der Waals surface area contributed by atoms with Gasteiger partial charge >= 0.3 is 35.4 Å². The summed E-state index contributed by atoms with van der Waals surface area (Å²) in [6.45, 7) is 13.0. The maximum absolute atomic E-state index is 13.0. The van der Waals surface area contributed by atoms with Gasteiger partial charge in [-0.25, -0.2) is 28.8 Å². The second kappa shape index (κ2) is 45.0. The molecule has 0 N–H and O–H groups in total. The highest BCUT2D eigenvalue weighted by Gasteiger charge is 2.46. The number of hydrogen-bond acceptors (Lipinski definition) is 10. The lowest BCUT2D eigenvalue weighted by molar-refractivity contribution is -0.682. The van der Waals surface area contributed by atoms with Crippen LogP contribution in [-0.4, -0.2) is 76.0 Å². The van der Waals surface area contributed by atoms with E-state index in [1.807, 2.05) is 0 Å². The number of unbranched alkanes of at least 4 members (excludes halogenated alkanes) is 24. The molecule has 0 radical (unpaired) electrons. The normalized spacial score (nSPS) is 12.3. The molecular formula is C50H96N2O10S2. The number of rotatable bonds is 37. The SMILES string of the molecule is CCCCCCCC(=O)[N+](C)(C(=O)CCCCCCC)C(=O)CCCCCCC.CCCCCCCC(=O)[N+](C)(C(=O)CCCCCCC)C(=O)CCCCCCC.O=S([O-])S(=O)[O-]. The molecule has 0 spiro atoms. The predicted octanol–water partition coefficient (Wildman–Crippen LogP) is 12.8. The second-order valence-electron chi connectivity index (χ2n) is 17.8. The molecule has 0 rings (SSSR count). The first kappa shape index (κ1) is 66.4. The number of amides is 6. The molecule has 2 unspecified atom stereocenters. The van der Waals surface area contributed by atoms with Crippen LogP contribution in [0.5, 0.6) is 0 Å². The average molecular weight is 949 g/mol. The molecule has 64 heavy (non-hydrogen) atoms. The molecule has 0 aliphatic heterocycles. The number of carbonyl (C=O) groups is 6. The van der Waals surface area contributed by atoms with E-state index in [4.69, 9.17) is 17.5 Å². The molecule has 0 bridgehead atoms. The van der Waals surface area contributed by atoms with E-state index < -0.39 is 29.2 Å². The number of nitrogens with zero attached hydrogens (tertiary/aromatic N) is 2. The zero-order valence-electron chi connectivity index (χ0n) is 42.2. The zero-order chi connectivity index (χ0) is 49.1. The van der Waals surface area contributed by atoms with Gasteiger partial charge in [-0.3, -0.25) is 8.42 Å². The lowest BCUT2D eigenvalue weighted by Gasteiger charge is -2.26. The third-order valence-corrected chi connectivity index (χ3v) is 13.0. The maximum Gasteiger partial charge on any atom is 0.328 e. The predicted molar refractivity (Wildman–Crippen MR) is 261 cm³/mol. The Balaban J connectivity index is -0.00000103. The van der Waals surface area contributed by atoms with E-state index in [9.17, 15) is 28.8 Å². The van der Waals surface area contributed by atoms with Crippen molar-refractivity contribution in [3.05, 3.63) is 0 Å². The quantitative estimate of drug-likeness (QED) is 0.0251. The lowest BCUT2D eigenvalue weighted by Crippen LogP contribution is -2.57. The van der Waals surface area contributed by atoms with Gasteiger partial charge in [-0.1, -0.05) is 196 Å². The Morgan fingerprint density at radius 2 is 0.406 bits per heavy atom. The van der Waals surface area contributed by atoms with E-state index in [2.05, 4.69) is 41.5 Å². The first-order valence-electron chi connectivity index (χ1n) is 25.7. The van der Waals surface area contributed by atoms with Crippen LogP contribution in [0.2, 0.25) is 0 Å². The Kier molecular flexibility index (Phi) is 46.7. The van der Waals surface area contributed by atoms with Crippen molar-refractivity contribution in [1.82, 2.24) is 0 Å². The molecule has 0 aliphatic carbocycles. The van der Waals surface area contributed by atoms with Crippen LogP contribution in [-0.2, 0) is 49.0 Å². The van der Waals surface area contributed by atoms with E-state index >= 15 is 0 Å². The van der Waals surface area contributed by atoms with Crippen LogP contribution < -0.4 is 0 Å². The van der Waals surface area contributed by atoms with Crippen molar-refractivity contribution in [2.24, 2.45) is 0 Å². The molecule has 0 heterocycles. The molecule has 12 nitrogen and oxygen atoms in total. The highest BCUT2D eigenvalue weighted by atomic mass is 33.2. The Bertz CT molecular complexity index is 1070. The summed E-state index contributed by atoms with van der Waals surface area (Å²) < 4.78 is 35.1. The molecule has 6 amide bonds. The Hall–Kier alpha value is -1.84. The van der Waals surface area contributed by atoms with Gasteiger partial charge in [0.2, 0.25) is 0 Å². The smallest absolute Gasteiger partial charge is 0.328 e. The largest absolute Gasteiger partial charge is 0.763 e. The van der Waals surface area contributed by atoms with Crippen molar-refractivity contribution >= 4 is 55.7 Å². The topological polar surface area (TPSA) is 183 Å². The second-order valence-corrected chi connectivity index (χ2v) is 20.2. The van der Waals surface area contributed by atoms with Crippen molar-refractivity contribution in [3.8, 4) is 0 Å². The van der Waals surface area contributed by atoms with Crippen molar-refractivity contribution in [3.63, 3.8) is 0 Å². The molecular weight excluding hydrogens is 853 g/mol. The minimum atomic E-state index is -2.95. The Labute approximate surface area is 396 Å². The average Bonchev–Trinajstić information content (AvgIpc) is 3.27. The maximum atomic E-state index is 13.0. The fourth-order valence-electron chi connectivity index (χ4n) is 7.45. The van der Waals surface area contributed by atoms with Crippen molar-refractivity contribution in [2.75, 3.05) is 14.1 Å². The van der Waals surface area contributed by atoms with Gasteiger partial charge in [0.15, 0.2) is 0 Å². The van der Waals surface area contributed by atoms with E-state index in [-0.39, 0.29) is 35.4 Å². The van der Waals surface area contributed by atoms with Gasteiger partial charge < -0.3 is 9.11 Å². The fraction of sp³-hybridized carbons (Fsp3) is 0.880. The van der Waals surface area contributed by atoms with Crippen molar-refractivity contribution in [1.29, 1.82) is 0 Å². The van der Waals surface area contributed by atoms with Gasteiger partial charge in [0.25, 0.3) is 0 Å². The summed E-state index contributed by atoms with van der Waals surface area (Å²) >= 11 is 0. The summed E-state index contributed by atoms with van der Waals surface area (Å²) in [6.07, 6.45) is 33.4. The summed E-state index contributed by atoms with van der Waals surface area (Å²) in [6, 6.07) is 0. The van der Waals surface area contributed by atoms with Gasteiger partial charge in [-0.05, 0) is 38.5 Å². The van der Waals surface area contributed by atoms with Gasteiger partial charge in [-0.15, -0.1) is 8.97 Å². The first-order chi connectivity index (χ1) is 30.5. The third kappa shape index (κ3) is 32.8. The molecule has 378 valence electrons. The summed E-state index contributed by atoms with van der Waals surface area (Å²) in [5.41, 5.74) is 0. The Morgan fingerprint density at radius 3 is 0.516 bits per heavy atom. The van der Waals surface area contributed by atoms with E-state index in [0.717, 1.165) is 154 Å². The molecule has 0 aromatic carbocycles. The zero-order valence-corrected chi connectivity index (χ0v) is 43.9. The van der Waals surface area contributed by atoms with Crippen LogP contribution >= 0.6 is 0 Å². The Morgan fingerprint density at radius 1 is 0.281 bits per heavy atom. The number of hydrogen-bond donors (Lipinski definition) is 0. The monoisotopic (exact) mass is 949 g/mol. The minimum absolute atomic E-state index is 0.196. The number of quaternary nitrogens is 2. The van der Waals surface area contributed by atoms with Crippen LogP contribution in [0.25, 0.3) is 0 Å². The molecule has 0 aliphatic rings. The van der Waals surface area contributed by atoms with Gasteiger partial charge in [0.05, 0.1) is 52.6 Å². The van der Waals surface area contributed by atoms with Gasteiger partial charge in [0.1, 0.15) is 0 Å². The summed E-state index contributed by atoms with van der Waals surface area (Å²) in [4.78, 5) is 77.9. The van der Waals surface area contributed by atoms with E-state index in [1.54, 1.807) is 14.1 Å². The molecule has 0 fully saturated rings. The molecule has 2 atom stereocenters. The standard InChI is InChI=1S/2C25H48NO3.H2O4S2/c2*1-5-8-11-14-17-20-23(27)26(4,24(28)21-18-15-12-9-6-2)25(29)22-19-16-13-10-7-3;1-5(2)6(3)4/h2*5-22H2,1-4H3;(H,1,2)(H,3,4)/q2*+1;/p-2. The van der Waals surface area contributed by atoms with Crippen LogP contribution in [0.15, 0.2) is 0 Å². The van der Waals surface area contributed by atoms with Crippen molar-refractivity contribution in [2.45, 2.75) is 273 Å². The highest BCUT2D eigenvalue weighted by Crippen LogP contribution is 2.22. The van der Waals surface area contributed by atoms with Crippen molar-refractivity contribution < 1.29 is 55.3 Å². The van der Waals surface area contributed by atoms with Crippen LogP contribution in [0.3, 0.4) is 0 Å². The number of imide groups is 6. The molecule has 0 aromatic rings. The van der Waals surface area contributed by atoms with E-state index in [1.165, 1.54) is 38.5 Å². The first-order valence-corrected chi connectivity index (χ1v) is 28.3. The van der Waals surface area contributed by atoms with Gasteiger partial charge in [0, 0.05) is 20.2 Å². The summed E-state index contributed by atoms with van der Waals surface area (Å²) in [5, 5.41) is 0. The van der Waals surface area contributed by atoms with Crippen LogP contribution in [0.1, 0.15) is 273 Å². The minimum Gasteiger partial charge on any atom is -0.763 e. The van der Waals surface area contributed by atoms with Gasteiger partial charge in [-0.2, -0.15) is 0 Å². The van der Waals surface area contributed by atoms with Crippen LogP contribution in [0.4, 0.5) is 0 Å². The lowest BCUT2D eigenvalue weighted by atomic mass is 10.1. The molecule has 14 heteroatoms. The molecule has 0 saturated heterocycles. The highest BCUT2D eigenvalue weighted by molar-refractivity contribution is 8.56. The number of carbonyl (C=O) groups excluding carboxylic acids is 6. The summed E-state index contributed by atoms with van der Waals surface area (Å²) in [5.74, 6) is -1.17. The van der Waals surface area contributed by atoms with Crippen LogP contribution in [0, 0.1) is 0 Å². The fourth-order valence-corrected chi connectivity index (χ4v) is 7.45. The van der Waals surface area contributed by atoms with E-state index in [0.29, 0.717) is 38.5 Å².